The number of hydrogen-bond acceptors (Lipinski definition) is 6. The minimum atomic E-state index is -1.50. The third-order valence-electron chi connectivity index (χ3n) is 3.40. The molecule has 4 N–H and O–H groups in total. The summed E-state index contributed by atoms with van der Waals surface area (Å²) in [6.07, 6.45) is 5.24. The molecule has 2 aromatic rings. The minimum Gasteiger partial charge on any atom is -0.382 e. The lowest BCUT2D eigenvalue weighted by Crippen LogP contribution is -2.15. The first-order chi connectivity index (χ1) is 11.3. The Morgan fingerprint density at radius 3 is 2.46 bits per heavy atom. The van der Waals surface area contributed by atoms with Crippen LogP contribution in [0.15, 0.2) is 18.5 Å². The maximum atomic E-state index is 8.08. The van der Waals surface area contributed by atoms with Gasteiger partial charge in [-0.25, -0.2) is 9.50 Å². The van der Waals surface area contributed by atoms with Crippen LogP contribution in [0.3, 0.4) is 0 Å². The molecule has 1 aliphatic rings. The van der Waals surface area contributed by atoms with Gasteiger partial charge in [0.1, 0.15) is 11.8 Å². The Labute approximate surface area is 143 Å². The number of ether oxygens (including phenoxy) is 1. The van der Waals surface area contributed by atoms with Crippen LogP contribution in [0.4, 0.5) is 5.82 Å². The van der Waals surface area contributed by atoms with Gasteiger partial charge >= 0.3 is 0 Å². The van der Waals surface area contributed by atoms with E-state index in [1.807, 2.05) is 30.5 Å². The summed E-state index contributed by atoms with van der Waals surface area (Å²) in [4.78, 5) is 3.98. The van der Waals surface area contributed by atoms with Gasteiger partial charge in [0.15, 0.2) is 11.6 Å². The van der Waals surface area contributed by atoms with Crippen molar-refractivity contribution in [2.45, 2.75) is 71.9 Å². The van der Waals surface area contributed by atoms with E-state index in [2.05, 4.69) is 17.0 Å². The van der Waals surface area contributed by atoms with Gasteiger partial charge in [0, 0.05) is 0 Å². The van der Waals surface area contributed by atoms with E-state index in [0.29, 0.717) is 11.9 Å². The van der Waals surface area contributed by atoms with E-state index < -0.39 is 5.79 Å². The molecule has 7 heteroatoms. The summed E-state index contributed by atoms with van der Waals surface area (Å²) >= 11 is 0. The van der Waals surface area contributed by atoms with E-state index in [4.69, 9.17) is 20.7 Å². The van der Waals surface area contributed by atoms with Gasteiger partial charge in [0.25, 0.3) is 0 Å². The predicted molar refractivity (Wildman–Crippen MR) is 94.4 cm³/mol. The van der Waals surface area contributed by atoms with Crippen LogP contribution in [0, 0.1) is 0 Å². The molecule has 7 nitrogen and oxygen atoms in total. The molecule has 0 aromatic carbocycles. The lowest BCUT2D eigenvalue weighted by molar-refractivity contribution is -0.127. The first-order valence-corrected chi connectivity index (χ1v) is 8.48. The van der Waals surface area contributed by atoms with Crippen LogP contribution in [0.2, 0.25) is 0 Å². The Kier molecular flexibility index (Phi) is 7.59. The lowest BCUT2D eigenvalue weighted by atomic mass is 10.1. The quantitative estimate of drug-likeness (QED) is 0.727. The summed E-state index contributed by atoms with van der Waals surface area (Å²) in [6, 6.07) is 3.98. The second-order valence-corrected chi connectivity index (χ2v) is 5.93. The second kappa shape index (κ2) is 8.96. The van der Waals surface area contributed by atoms with Crippen molar-refractivity contribution in [2.75, 3.05) is 5.73 Å². The summed E-state index contributed by atoms with van der Waals surface area (Å²) in [5, 5.41) is 20.4. The third kappa shape index (κ3) is 5.74. The smallest absolute Gasteiger partial charge is 0.156 e. The Bertz CT molecular complexity index is 616. The van der Waals surface area contributed by atoms with E-state index in [1.165, 1.54) is 20.2 Å². The number of nitrogens with two attached hydrogens (primary N) is 1. The lowest BCUT2D eigenvalue weighted by Gasteiger charge is -2.12. The van der Waals surface area contributed by atoms with Crippen molar-refractivity contribution in [1.29, 1.82) is 0 Å². The van der Waals surface area contributed by atoms with E-state index in [0.717, 1.165) is 30.5 Å². The van der Waals surface area contributed by atoms with E-state index in [-0.39, 0.29) is 6.10 Å². The van der Waals surface area contributed by atoms with Crippen LogP contribution >= 0.6 is 0 Å². The average molecular weight is 338 g/mol. The molecule has 1 aliphatic heterocycles. The van der Waals surface area contributed by atoms with E-state index in [9.17, 15) is 0 Å². The highest BCUT2D eigenvalue weighted by atomic mass is 16.5. The molecule has 0 aliphatic carbocycles. The fourth-order valence-corrected chi connectivity index (χ4v) is 2.44. The van der Waals surface area contributed by atoms with Crippen LogP contribution in [-0.4, -0.2) is 36.7 Å². The number of anilines is 1. The predicted octanol–water partition coefficient (Wildman–Crippen LogP) is 2.67. The van der Waals surface area contributed by atoms with Gasteiger partial charge in [-0.1, -0.05) is 20.8 Å². The van der Waals surface area contributed by atoms with Crippen LogP contribution in [0.25, 0.3) is 5.52 Å². The highest BCUT2D eigenvalue weighted by Crippen LogP contribution is 2.34. The van der Waals surface area contributed by atoms with Crippen molar-refractivity contribution < 1.29 is 14.9 Å². The molecule has 0 saturated carbocycles. The van der Waals surface area contributed by atoms with E-state index in [1.54, 1.807) is 0 Å². The van der Waals surface area contributed by atoms with Gasteiger partial charge in [-0.15, -0.1) is 0 Å². The van der Waals surface area contributed by atoms with Gasteiger partial charge in [0.05, 0.1) is 17.9 Å². The molecule has 2 atom stereocenters. The zero-order chi connectivity index (χ0) is 18.3. The number of nitrogen functional groups attached to an aromatic ring is 1. The van der Waals surface area contributed by atoms with Gasteiger partial charge in [-0.05, 0) is 45.2 Å². The zero-order valence-electron chi connectivity index (χ0n) is 15.2. The average Bonchev–Trinajstić information content (AvgIpc) is 3.14. The molecule has 1 fully saturated rings. The number of nitrogens with zero attached hydrogens (tertiary/aromatic N) is 3. The Balaban J connectivity index is 0.000000356. The molecular weight excluding hydrogens is 308 g/mol. The minimum absolute atomic E-state index is 0.136. The molecule has 1 unspecified atom stereocenters. The summed E-state index contributed by atoms with van der Waals surface area (Å²) < 4.78 is 7.82. The Morgan fingerprint density at radius 2 is 1.92 bits per heavy atom. The molecule has 136 valence electrons. The highest BCUT2D eigenvalue weighted by Gasteiger charge is 2.27. The van der Waals surface area contributed by atoms with E-state index >= 15 is 0 Å². The number of aliphatic hydroxyl groups is 2. The van der Waals surface area contributed by atoms with Gasteiger partial charge in [-0.2, -0.15) is 5.10 Å². The van der Waals surface area contributed by atoms with Crippen LogP contribution in [0.1, 0.15) is 65.7 Å². The molecule has 0 amide bonds. The molecule has 2 aromatic heterocycles. The van der Waals surface area contributed by atoms with Crippen molar-refractivity contribution in [3.63, 3.8) is 0 Å². The van der Waals surface area contributed by atoms with Crippen molar-refractivity contribution in [1.82, 2.24) is 14.6 Å². The van der Waals surface area contributed by atoms with Gasteiger partial charge < -0.3 is 20.7 Å². The molecule has 3 heterocycles. The first-order valence-electron chi connectivity index (χ1n) is 8.48. The maximum Gasteiger partial charge on any atom is 0.156 e. The standard InChI is InChI=1S/C12H16N4O.C3H8O2.C2H6/c1-2-8-3-6-11(17-8)9-4-5-10-12(13)14-7-15-16(9)10;1-3(2,4)5;1-2/h4-5,7-8,11H,2-3,6H2,1H3,(H2,13,14,15);4-5H,1-2H3;1-2H3/t8?,11-;;/m1../s1. The van der Waals surface area contributed by atoms with Crippen LogP contribution in [-0.2, 0) is 4.74 Å². The number of rotatable bonds is 2. The molecule has 3 rings (SSSR count). The highest BCUT2D eigenvalue weighted by molar-refractivity contribution is 5.65. The summed E-state index contributed by atoms with van der Waals surface area (Å²) in [5.74, 6) is -0.990. The number of hydrogen-bond donors (Lipinski definition) is 3. The van der Waals surface area contributed by atoms with Crippen molar-refractivity contribution in [3.05, 3.63) is 24.2 Å². The summed E-state index contributed by atoms with van der Waals surface area (Å²) in [7, 11) is 0. The first kappa shape index (κ1) is 20.3. The summed E-state index contributed by atoms with van der Waals surface area (Å²) in [6.45, 7) is 8.75. The molecular formula is C17H30N4O3. The van der Waals surface area contributed by atoms with Crippen molar-refractivity contribution in [2.24, 2.45) is 0 Å². The van der Waals surface area contributed by atoms with Gasteiger partial charge in [-0.3, -0.25) is 0 Å². The number of fused-ring (bicyclic) bond motifs is 1. The Hall–Kier alpha value is -1.70. The fourth-order valence-electron chi connectivity index (χ4n) is 2.44. The van der Waals surface area contributed by atoms with Gasteiger partial charge in [0.2, 0.25) is 0 Å². The van der Waals surface area contributed by atoms with Crippen LogP contribution in [0.5, 0.6) is 0 Å². The molecule has 0 radical (unpaired) electrons. The SMILES string of the molecule is CC.CC(C)(O)O.CCC1CC[C@H](c2ccc3c(N)ncnn23)O1. The zero-order valence-corrected chi connectivity index (χ0v) is 15.2. The van der Waals surface area contributed by atoms with Crippen molar-refractivity contribution >= 4 is 11.3 Å². The maximum absolute atomic E-state index is 8.08. The molecule has 1 saturated heterocycles. The summed E-state index contributed by atoms with van der Waals surface area (Å²) in [5.41, 5.74) is 7.74. The molecule has 0 spiro atoms. The Morgan fingerprint density at radius 1 is 1.29 bits per heavy atom. The van der Waals surface area contributed by atoms with Crippen LogP contribution < -0.4 is 5.73 Å². The monoisotopic (exact) mass is 338 g/mol. The normalized spacial score (nSPS) is 20.1. The van der Waals surface area contributed by atoms with Crippen molar-refractivity contribution in [3.8, 4) is 0 Å². The second-order valence-electron chi connectivity index (χ2n) is 5.93. The molecule has 24 heavy (non-hydrogen) atoms. The molecule has 0 bridgehead atoms. The fraction of sp³-hybridized carbons (Fsp3) is 0.647. The number of aromatic nitrogens is 3. The largest absolute Gasteiger partial charge is 0.382 e. The third-order valence-corrected chi connectivity index (χ3v) is 3.40. The topological polar surface area (TPSA) is 106 Å².